The molecule has 0 saturated carbocycles. The second-order valence-electron chi connectivity index (χ2n) is 2.34. The van der Waals surface area contributed by atoms with Gasteiger partial charge in [0.1, 0.15) is 5.82 Å². The molecular weight excluding hydrogens is 202 g/mol. The van der Waals surface area contributed by atoms with Crippen LogP contribution < -0.4 is 5.73 Å². The van der Waals surface area contributed by atoms with Gasteiger partial charge in [-0.25, -0.2) is 13.8 Å². The fraction of sp³-hybridized carbons (Fsp3) is 0.286. The zero-order chi connectivity index (χ0) is 10.0. The Labute approximate surface area is 78.1 Å². The number of anilines is 1. The molecule has 0 aliphatic rings. The molecule has 0 spiro atoms. The van der Waals surface area contributed by atoms with Gasteiger partial charge in [0, 0.05) is 11.8 Å². The minimum absolute atomic E-state index is 0.00741. The highest BCUT2D eigenvalue weighted by molar-refractivity contribution is 6.31. The van der Waals surface area contributed by atoms with Crippen LogP contribution in [0.15, 0.2) is 6.20 Å². The van der Waals surface area contributed by atoms with Crippen molar-refractivity contribution < 1.29 is 13.9 Å². The number of aromatic nitrogens is 1. The number of aliphatic hydroxyl groups excluding tert-OH is 1. The van der Waals surface area contributed by atoms with Crippen LogP contribution in [0.2, 0.25) is 5.02 Å². The van der Waals surface area contributed by atoms with Crippen molar-refractivity contribution in [1.82, 2.24) is 4.98 Å². The van der Waals surface area contributed by atoms with Crippen LogP contribution in [0.3, 0.4) is 0 Å². The third kappa shape index (κ3) is 1.87. The van der Waals surface area contributed by atoms with Gasteiger partial charge < -0.3 is 10.8 Å². The molecule has 3 nitrogen and oxygen atoms in total. The van der Waals surface area contributed by atoms with Gasteiger partial charge in [-0.1, -0.05) is 11.6 Å². The van der Waals surface area contributed by atoms with E-state index in [0.717, 1.165) is 6.20 Å². The Morgan fingerprint density at radius 1 is 1.62 bits per heavy atom. The monoisotopic (exact) mass is 208 g/mol. The number of pyridine rings is 1. The summed E-state index contributed by atoms with van der Waals surface area (Å²) in [5.74, 6) is -0.302. The zero-order valence-corrected chi connectivity index (χ0v) is 7.22. The Morgan fingerprint density at radius 2 is 2.23 bits per heavy atom. The molecule has 3 N–H and O–H groups in total. The minimum Gasteiger partial charge on any atom is -0.392 e. The molecule has 0 saturated heterocycles. The van der Waals surface area contributed by atoms with E-state index in [1.807, 2.05) is 0 Å². The van der Waals surface area contributed by atoms with E-state index in [-0.39, 0.29) is 16.4 Å². The van der Waals surface area contributed by atoms with Crippen molar-refractivity contribution in [2.75, 3.05) is 5.73 Å². The van der Waals surface area contributed by atoms with Crippen LogP contribution in [0.1, 0.15) is 17.6 Å². The number of rotatable bonds is 2. The van der Waals surface area contributed by atoms with Gasteiger partial charge >= 0.3 is 0 Å². The van der Waals surface area contributed by atoms with Crippen molar-refractivity contribution in [3.05, 3.63) is 22.3 Å². The summed E-state index contributed by atoms with van der Waals surface area (Å²) < 4.78 is 24.7. The summed E-state index contributed by atoms with van der Waals surface area (Å²) >= 11 is 5.53. The number of nitrogens with two attached hydrogens (primary N) is 1. The maximum atomic E-state index is 12.4. The number of nitrogens with zero attached hydrogens (tertiary/aromatic N) is 1. The van der Waals surface area contributed by atoms with Crippen LogP contribution in [0, 0.1) is 0 Å². The summed E-state index contributed by atoms with van der Waals surface area (Å²) in [6, 6.07) is 0. The smallest absolute Gasteiger partial charge is 0.267 e. The maximum Gasteiger partial charge on any atom is 0.267 e. The highest BCUT2D eigenvalue weighted by atomic mass is 35.5. The van der Waals surface area contributed by atoms with Crippen LogP contribution in [0.4, 0.5) is 14.6 Å². The Kier molecular flexibility index (Phi) is 3.00. The number of aliphatic hydroxyl groups is 1. The van der Waals surface area contributed by atoms with Gasteiger partial charge in [0.2, 0.25) is 0 Å². The minimum atomic E-state index is -2.78. The number of hydrogen-bond acceptors (Lipinski definition) is 3. The average Bonchev–Trinajstić information content (AvgIpc) is 2.07. The lowest BCUT2D eigenvalue weighted by Gasteiger charge is -2.09. The molecule has 1 aromatic heterocycles. The van der Waals surface area contributed by atoms with Gasteiger partial charge in [0.15, 0.2) is 0 Å². The molecule has 1 heterocycles. The van der Waals surface area contributed by atoms with Crippen LogP contribution in [-0.4, -0.2) is 10.1 Å². The molecule has 1 aromatic rings. The van der Waals surface area contributed by atoms with Gasteiger partial charge in [-0.15, -0.1) is 0 Å². The number of nitrogen functional groups attached to an aromatic ring is 1. The van der Waals surface area contributed by atoms with E-state index < -0.39 is 18.6 Å². The molecule has 0 radical (unpaired) electrons. The molecule has 0 fully saturated rings. The summed E-state index contributed by atoms with van der Waals surface area (Å²) in [5.41, 5.74) is 4.65. The average molecular weight is 209 g/mol. The van der Waals surface area contributed by atoms with Crippen LogP contribution in [0.25, 0.3) is 0 Å². The van der Waals surface area contributed by atoms with E-state index in [0.29, 0.717) is 0 Å². The van der Waals surface area contributed by atoms with Gasteiger partial charge in [-0.2, -0.15) is 0 Å². The summed E-state index contributed by atoms with van der Waals surface area (Å²) in [6.07, 6.45) is -1.65. The van der Waals surface area contributed by atoms with E-state index >= 15 is 0 Å². The maximum absolute atomic E-state index is 12.4. The highest BCUT2D eigenvalue weighted by Crippen LogP contribution is 2.31. The predicted octanol–water partition coefficient (Wildman–Crippen LogP) is 1.75. The lowest BCUT2D eigenvalue weighted by atomic mass is 10.1. The lowest BCUT2D eigenvalue weighted by molar-refractivity contribution is 0.147. The van der Waals surface area contributed by atoms with Crippen LogP contribution in [-0.2, 0) is 6.61 Å². The Morgan fingerprint density at radius 3 is 2.62 bits per heavy atom. The second-order valence-corrected chi connectivity index (χ2v) is 2.75. The fourth-order valence-corrected chi connectivity index (χ4v) is 1.17. The standard InChI is InChI=1S/C7H7ClF2N2O/c8-4-1-12-7(11)5(6(9)10)3(4)2-13/h1,6,13H,2H2,(H2,11,12). The van der Waals surface area contributed by atoms with Crippen molar-refractivity contribution in [1.29, 1.82) is 0 Å². The summed E-state index contributed by atoms with van der Waals surface area (Å²) in [6.45, 7) is -0.578. The van der Waals surface area contributed by atoms with Gasteiger partial charge in [0.25, 0.3) is 6.43 Å². The summed E-state index contributed by atoms with van der Waals surface area (Å²) in [7, 11) is 0. The van der Waals surface area contributed by atoms with Gasteiger partial charge in [-0.05, 0) is 0 Å². The van der Waals surface area contributed by atoms with Crippen molar-refractivity contribution in [3.63, 3.8) is 0 Å². The SMILES string of the molecule is Nc1ncc(Cl)c(CO)c1C(F)F. The predicted molar refractivity (Wildman–Crippen MR) is 44.5 cm³/mol. The lowest BCUT2D eigenvalue weighted by Crippen LogP contribution is -2.04. The molecule has 0 bridgehead atoms. The zero-order valence-electron chi connectivity index (χ0n) is 6.47. The molecule has 13 heavy (non-hydrogen) atoms. The molecule has 0 amide bonds. The molecule has 0 unspecified atom stereocenters. The summed E-state index contributed by atoms with van der Waals surface area (Å²) in [4.78, 5) is 3.46. The third-order valence-electron chi connectivity index (χ3n) is 1.58. The first kappa shape index (κ1) is 10.1. The number of hydrogen-bond donors (Lipinski definition) is 2. The molecular formula is C7H7ClF2N2O. The fourth-order valence-electron chi connectivity index (χ4n) is 0.961. The molecule has 0 aromatic carbocycles. The normalized spacial score (nSPS) is 10.8. The number of alkyl halides is 2. The van der Waals surface area contributed by atoms with Crippen molar-refractivity contribution in [3.8, 4) is 0 Å². The first-order chi connectivity index (χ1) is 6.07. The van der Waals surface area contributed by atoms with E-state index in [2.05, 4.69) is 4.98 Å². The second kappa shape index (κ2) is 3.85. The van der Waals surface area contributed by atoms with E-state index in [4.69, 9.17) is 22.4 Å². The topological polar surface area (TPSA) is 59.1 Å². The molecule has 0 atom stereocenters. The number of halogens is 3. The summed E-state index contributed by atoms with van der Waals surface area (Å²) in [5, 5.41) is 8.76. The van der Waals surface area contributed by atoms with Crippen molar-refractivity contribution in [2.45, 2.75) is 13.0 Å². The molecule has 72 valence electrons. The quantitative estimate of drug-likeness (QED) is 0.779. The van der Waals surface area contributed by atoms with E-state index in [9.17, 15) is 8.78 Å². The van der Waals surface area contributed by atoms with Gasteiger partial charge in [0.05, 0.1) is 17.2 Å². The van der Waals surface area contributed by atoms with Crippen molar-refractivity contribution in [2.24, 2.45) is 0 Å². The molecule has 1 rings (SSSR count). The molecule has 0 aliphatic carbocycles. The van der Waals surface area contributed by atoms with E-state index in [1.54, 1.807) is 0 Å². The van der Waals surface area contributed by atoms with E-state index in [1.165, 1.54) is 0 Å². The Hall–Kier alpha value is -0.940. The van der Waals surface area contributed by atoms with Gasteiger partial charge in [-0.3, -0.25) is 0 Å². The first-order valence-electron chi connectivity index (χ1n) is 3.39. The van der Waals surface area contributed by atoms with Crippen LogP contribution >= 0.6 is 11.6 Å². The van der Waals surface area contributed by atoms with Crippen LogP contribution in [0.5, 0.6) is 0 Å². The van der Waals surface area contributed by atoms with Crippen molar-refractivity contribution >= 4 is 17.4 Å². The largest absolute Gasteiger partial charge is 0.392 e. The Bertz CT molecular complexity index is 320. The third-order valence-corrected chi connectivity index (χ3v) is 1.91. The molecule has 0 aliphatic heterocycles. The highest BCUT2D eigenvalue weighted by Gasteiger charge is 2.19. The Balaban J connectivity index is 3.35. The first-order valence-corrected chi connectivity index (χ1v) is 3.77. The molecule has 6 heteroatoms.